The summed E-state index contributed by atoms with van der Waals surface area (Å²) in [4.78, 5) is 0. The van der Waals surface area contributed by atoms with E-state index in [0.717, 1.165) is 13.2 Å². The summed E-state index contributed by atoms with van der Waals surface area (Å²) in [6, 6.07) is 0.712. The Balaban J connectivity index is 1.92. The monoisotopic (exact) mass is 113 g/mol. The highest BCUT2D eigenvalue weighted by atomic mass is 16.5. The molecule has 0 aromatic rings. The average molecular weight is 113 g/mol. The van der Waals surface area contributed by atoms with Crippen LogP contribution in [-0.4, -0.2) is 25.3 Å². The van der Waals surface area contributed by atoms with E-state index in [9.17, 15) is 0 Å². The number of morpholine rings is 1. The van der Waals surface area contributed by atoms with Gasteiger partial charge in [0.1, 0.15) is 0 Å². The minimum absolute atomic E-state index is 0.573. The smallest absolute Gasteiger partial charge is 0.0729 e. The van der Waals surface area contributed by atoms with Crippen LogP contribution in [-0.2, 0) is 4.74 Å². The molecule has 0 aromatic carbocycles. The number of ether oxygens (including phenoxy) is 1. The van der Waals surface area contributed by atoms with Crippen molar-refractivity contribution in [3.63, 3.8) is 0 Å². The van der Waals surface area contributed by atoms with Crippen LogP contribution in [0, 0.1) is 0 Å². The minimum Gasteiger partial charge on any atom is -0.375 e. The summed E-state index contributed by atoms with van der Waals surface area (Å²) >= 11 is 0. The topological polar surface area (TPSA) is 21.3 Å². The highest BCUT2D eigenvalue weighted by Gasteiger charge is 2.33. The largest absolute Gasteiger partial charge is 0.375 e. The molecule has 2 atom stereocenters. The van der Waals surface area contributed by atoms with Crippen LogP contribution in [0.2, 0.25) is 0 Å². The molecule has 1 N–H and O–H groups in total. The molecule has 0 spiro atoms. The van der Waals surface area contributed by atoms with Gasteiger partial charge in [-0.05, 0) is 12.8 Å². The van der Waals surface area contributed by atoms with Gasteiger partial charge < -0.3 is 10.1 Å². The van der Waals surface area contributed by atoms with Gasteiger partial charge in [-0.25, -0.2) is 0 Å². The van der Waals surface area contributed by atoms with E-state index in [4.69, 9.17) is 4.74 Å². The van der Waals surface area contributed by atoms with Crippen LogP contribution < -0.4 is 5.32 Å². The Labute approximate surface area is 49.2 Å². The van der Waals surface area contributed by atoms with Crippen LogP contribution in [0.25, 0.3) is 0 Å². The molecule has 0 aromatic heterocycles. The SMILES string of the molecule is C1CO[C@H]2CC[C@H]2N1. The Hall–Kier alpha value is -0.0800. The zero-order chi connectivity index (χ0) is 5.40. The predicted octanol–water partition coefficient (Wildman–Crippen LogP) is 0.137. The van der Waals surface area contributed by atoms with Gasteiger partial charge in [0, 0.05) is 12.6 Å². The van der Waals surface area contributed by atoms with Crippen molar-refractivity contribution in [2.45, 2.75) is 25.0 Å². The number of nitrogens with one attached hydrogen (secondary N) is 1. The fourth-order valence-corrected chi connectivity index (χ4v) is 1.36. The lowest BCUT2D eigenvalue weighted by atomic mass is 9.88. The molecular formula is C6H11NO. The van der Waals surface area contributed by atoms with Crippen molar-refractivity contribution in [3.8, 4) is 0 Å². The van der Waals surface area contributed by atoms with Crippen molar-refractivity contribution >= 4 is 0 Å². The van der Waals surface area contributed by atoms with Gasteiger partial charge in [0.2, 0.25) is 0 Å². The Morgan fingerprint density at radius 3 is 2.75 bits per heavy atom. The fraction of sp³-hybridized carbons (Fsp3) is 1.00. The van der Waals surface area contributed by atoms with E-state index in [1.54, 1.807) is 0 Å². The lowest BCUT2D eigenvalue weighted by Gasteiger charge is -2.40. The summed E-state index contributed by atoms with van der Waals surface area (Å²) in [7, 11) is 0. The summed E-state index contributed by atoms with van der Waals surface area (Å²) in [5.41, 5.74) is 0. The maximum atomic E-state index is 5.41. The van der Waals surface area contributed by atoms with Crippen molar-refractivity contribution < 1.29 is 4.74 Å². The fourth-order valence-electron chi connectivity index (χ4n) is 1.36. The molecule has 1 heterocycles. The maximum Gasteiger partial charge on any atom is 0.0729 e. The van der Waals surface area contributed by atoms with Crippen molar-refractivity contribution in [2.24, 2.45) is 0 Å². The van der Waals surface area contributed by atoms with Crippen molar-refractivity contribution in [3.05, 3.63) is 0 Å². The Morgan fingerprint density at radius 2 is 2.38 bits per heavy atom. The Morgan fingerprint density at radius 1 is 1.38 bits per heavy atom. The quantitative estimate of drug-likeness (QED) is 0.482. The van der Waals surface area contributed by atoms with Crippen LogP contribution in [0.4, 0.5) is 0 Å². The molecule has 2 nitrogen and oxygen atoms in total. The first-order valence-corrected chi connectivity index (χ1v) is 3.32. The highest BCUT2D eigenvalue weighted by molar-refractivity contribution is 4.90. The molecule has 1 aliphatic carbocycles. The third-order valence-electron chi connectivity index (χ3n) is 2.05. The minimum atomic E-state index is 0.573. The van der Waals surface area contributed by atoms with E-state index in [1.165, 1.54) is 12.8 Å². The van der Waals surface area contributed by atoms with Crippen LogP contribution in [0.15, 0.2) is 0 Å². The number of hydrogen-bond acceptors (Lipinski definition) is 2. The molecule has 0 radical (unpaired) electrons. The Bertz CT molecular complexity index is 82.5. The third kappa shape index (κ3) is 0.565. The van der Waals surface area contributed by atoms with E-state index in [-0.39, 0.29) is 0 Å². The standard InChI is InChI=1S/C6H11NO/c1-2-6-5(1)7-3-4-8-6/h5-7H,1-4H2/t5-,6+/m1/s1. The van der Waals surface area contributed by atoms with Gasteiger partial charge in [0.25, 0.3) is 0 Å². The third-order valence-corrected chi connectivity index (χ3v) is 2.05. The molecule has 2 aliphatic rings. The second-order valence-corrected chi connectivity index (χ2v) is 2.55. The zero-order valence-corrected chi connectivity index (χ0v) is 4.89. The van der Waals surface area contributed by atoms with Crippen LogP contribution in [0.1, 0.15) is 12.8 Å². The molecule has 0 unspecified atom stereocenters. The molecule has 2 heteroatoms. The lowest BCUT2D eigenvalue weighted by Crippen LogP contribution is -2.54. The first kappa shape index (κ1) is 4.77. The van der Waals surface area contributed by atoms with Gasteiger partial charge in [0.15, 0.2) is 0 Å². The average Bonchev–Trinajstić information content (AvgIpc) is 1.72. The molecule has 0 amide bonds. The van der Waals surface area contributed by atoms with E-state index >= 15 is 0 Å². The van der Waals surface area contributed by atoms with E-state index in [1.807, 2.05) is 0 Å². The summed E-state index contributed by atoms with van der Waals surface area (Å²) in [5, 5.41) is 3.39. The first-order chi connectivity index (χ1) is 3.97. The van der Waals surface area contributed by atoms with Gasteiger partial charge >= 0.3 is 0 Å². The molecule has 2 fully saturated rings. The van der Waals surface area contributed by atoms with E-state index in [2.05, 4.69) is 5.32 Å². The zero-order valence-electron chi connectivity index (χ0n) is 4.89. The molecule has 0 bridgehead atoms. The second kappa shape index (κ2) is 1.71. The van der Waals surface area contributed by atoms with E-state index in [0.29, 0.717) is 12.1 Å². The van der Waals surface area contributed by atoms with Crippen molar-refractivity contribution in [1.29, 1.82) is 0 Å². The highest BCUT2D eigenvalue weighted by Crippen LogP contribution is 2.24. The lowest BCUT2D eigenvalue weighted by molar-refractivity contribution is -0.0553. The normalized spacial score (nSPS) is 45.0. The number of fused-ring (bicyclic) bond motifs is 1. The number of rotatable bonds is 0. The van der Waals surface area contributed by atoms with Crippen LogP contribution >= 0.6 is 0 Å². The molecule has 46 valence electrons. The molecule has 8 heavy (non-hydrogen) atoms. The van der Waals surface area contributed by atoms with Crippen LogP contribution in [0.3, 0.4) is 0 Å². The molecule has 2 rings (SSSR count). The summed E-state index contributed by atoms with van der Waals surface area (Å²) in [6.45, 7) is 1.97. The van der Waals surface area contributed by atoms with Gasteiger partial charge in [-0.15, -0.1) is 0 Å². The van der Waals surface area contributed by atoms with Gasteiger partial charge in [-0.1, -0.05) is 0 Å². The molecule has 1 saturated carbocycles. The summed E-state index contributed by atoms with van der Waals surface area (Å²) in [6.07, 6.45) is 3.17. The van der Waals surface area contributed by atoms with Gasteiger partial charge in [-0.2, -0.15) is 0 Å². The van der Waals surface area contributed by atoms with Crippen molar-refractivity contribution in [2.75, 3.05) is 13.2 Å². The van der Waals surface area contributed by atoms with Crippen molar-refractivity contribution in [1.82, 2.24) is 5.32 Å². The molecule has 1 saturated heterocycles. The summed E-state index contributed by atoms with van der Waals surface area (Å²) in [5.74, 6) is 0. The summed E-state index contributed by atoms with van der Waals surface area (Å²) < 4.78 is 5.41. The maximum absolute atomic E-state index is 5.41. The van der Waals surface area contributed by atoms with Gasteiger partial charge in [-0.3, -0.25) is 0 Å². The molecular weight excluding hydrogens is 102 g/mol. The second-order valence-electron chi connectivity index (χ2n) is 2.55. The first-order valence-electron chi connectivity index (χ1n) is 3.32. The van der Waals surface area contributed by atoms with E-state index < -0.39 is 0 Å². The predicted molar refractivity (Wildman–Crippen MR) is 30.8 cm³/mol. The number of hydrogen-bond donors (Lipinski definition) is 1. The molecule has 1 aliphatic heterocycles. The van der Waals surface area contributed by atoms with Gasteiger partial charge in [0.05, 0.1) is 12.7 Å². The van der Waals surface area contributed by atoms with Crippen LogP contribution in [0.5, 0.6) is 0 Å². The Kier molecular flexibility index (Phi) is 1.02.